The van der Waals surface area contributed by atoms with Crippen molar-refractivity contribution >= 4 is 16.7 Å². The average molecular weight is 391 g/mol. The number of carbonyl (C=O) groups is 1. The van der Waals surface area contributed by atoms with Crippen molar-refractivity contribution in [2.24, 2.45) is 0 Å². The Hall–Kier alpha value is -3.15. The van der Waals surface area contributed by atoms with Gasteiger partial charge in [-0.15, -0.1) is 0 Å². The third-order valence-corrected chi connectivity index (χ3v) is 5.42. The summed E-state index contributed by atoms with van der Waals surface area (Å²) in [5, 5.41) is 9.04. The molecule has 1 saturated carbocycles. The fourth-order valence-electron chi connectivity index (χ4n) is 3.94. The van der Waals surface area contributed by atoms with Crippen LogP contribution < -0.4 is 15.6 Å². The molecule has 1 aliphatic carbocycles. The Kier molecular flexibility index (Phi) is 5.60. The average Bonchev–Trinajstić information content (AvgIpc) is 3.29. The van der Waals surface area contributed by atoms with E-state index < -0.39 is 0 Å². The van der Waals surface area contributed by atoms with Gasteiger partial charge in [-0.3, -0.25) is 9.59 Å². The lowest BCUT2D eigenvalue weighted by molar-refractivity contribution is 0.0950. The van der Waals surface area contributed by atoms with Gasteiger partial charge in [0.25, 0.3) is 11.5 Å². The Morgan fingerprint density at radius 3 is 2.48 bits per heavy atom. The summed E-state index contributed by atoms with van der Waals surface area (Å²) in [6.45, 7) is 2.77. The van der Waals surface area contributed by atoms with E-state index in [9.17, 15) is 9.59 Å². The molecule has 0 unspecified atom stereocenters. The predicted molar refractivity (Wildman–Crippen MR) is 112 cm³/mol. The second-order valence-electron chi connectivity index (χ2n) is 7.32. The van der Waals surface area contributed by atoms with Crippen LogP contribution in [0.25, 0.3) is 10.8 Å². The molecular formula is C23H25N3O3. The van der Waals surface area contributed by atoms with Gasteiger partial charge in [-0.1, -0.05) is 31.0 Å². The zero-order chi connectivity index (χ0) is 20.2. The summed E-state index contributed by atoms with van der Waals surface area (Å²) in [4.78, 5) is 25.5. The highest BCUT2D eigenvalue weighted by Crippen LogP contribution is 2.28. The summed E-state index contributed by atoms with van der Waals surface area (Å²) in [5.74, 6) is 0.554. The van der Waals surface area contributed by atoms with Crippen molar-refractivity contribution in [2.45, 2.75) is 45.2 Å². The first kappa shape index (κ1) is 19.2. The molecule has 150 valence electrons. The molecule has 1 fully saturated rings. The molecule has 1 aliphatic rings. The first-order valence-electron chi connectivity index (χ1n) is 10.2. The first-order valence-corrected chi connectivity index (χ1v) is 10.2. The summed E-state index contributed by atoms with van der Waals surface area (Å²) in [6, 6.07) is 14.7. The molecule has 0 aliphatic heterocycles. The fourth-order valence-corrected chi connectivity index (χ4v) is 3.94. The van der Waals surface area contributed by atoms with Crippen LogP contribution in [0.1, 0.15) is 54.7 Å². The van der Waals surface area contributed by atoms with Crippen LogP contribution in [0.3, 0.4) is 0 Å². The van der Waals surface area contributed by atoms with E-state index in [4.69, 9.17) is 4.74 Å². The molecule has 6 heteroatoms. The highest BCUT2D eigenvalue weighted by atomic mass is 16.5. The molecule has 0 saturated heterocycles. The van der Waals surface area contributed by atoms with Gasteiger partial charge in [-0.05, 0) is 50.1 Å². The molecule has 3 aromatic rings. The highest BCUT2D eigenvalue weighted by molar-refractivity contribution is 5.94. The molecule has 29 heavy (non-hydrogen) atoms. The van der Waals surface area contributed by atoms with Crippen molar-refractivity contribution in [1.29, 1.82) is 0 Å². The summed E-state index contributed by atoms with van der Waals surface area (Å²) < 4.78 is 7.05. The Balaban J connectivity index is 1.59. The molecule has 1 aromatic heterocycles. The van der Waals surface area contributed by atoms with Crippen molar-refractivity contribution in [1.82, 2.24) is 15.1 Å². The molecule has 0 spiro atoms. The number of amides is 1. The van der Waals surface area contributed by atoms with Gasteiger partial charge in [0.15, 0.2) is 0 Å². The molecule has 0 bridgehead atoms. The van der Waals surface area contributed by atoms with Gasteiger partial charge in [-0.25, -0.2) is 4.68 Å². The summed E-state index contributed by atoms with van der Waals surface area (Å²) >= 11 is 0. The van der Waals surface area contributed by atoms with E-state index in [1.165, 1.54) is 0 Å². The Bertz CT molecular complexity index is 1070. The van der Waals surface area contributed by atoms with Crippen LogP contribution in [-0.4, -0.2) is 22.3 Å². The van der Waals surface area contributed by atoms with E-state index in [2.05, 4.69) is 10.4 Å². The van der Waals surface area contributed by atoms with Gasteiger partial charge >= 0.3 is 0 Å². The molecule has 4 rings (SSSR count). The SMILES string of the molecule is CCOc1ccc(C(=O)NCc2nn(C3CCCC3)c(=O)c3ccccc23)cc1. The van der Waals surface area contributed by atoms with Crippen LogP contribution in [0.2, 0.25) is 0 Å². The number of carbonyl (C=O) groups excluding carboxylic acids is 1. The molecule has 1 N–H and O–H groups in total. The largest absolute Gasteiger partial charge is 0.494 e. The predicted octanol–water partition coefficient (Wildman–Crippen LogP) is 3.84. The van der Waals surface area contributed by atoms with Gasteiger partial charge in [0, 0.05) is 10.9 Å². The van der Waals surface area contributed by atoms with Gasteiger partial charge < -0.3 is 10.1 Å². The maximum absolute atomic E-state index is 12.9. The van der Waals surface area contributed by atoms with E-state index >= 15 is 0 Å². The number of aromatic nitrogens is 2. The minimum Gasteiger partial charge on any atom is -0.494 e. The standard InChI is InChI=1S/C23H25N3O3/c1-2-29-18-13-11-16(12-14-18)22(27)24-15-21-19-9-5-6-10-20(19)23(28)26(25-21)17-7-3-4-8-17/h5-6,9-14,17H,2-4,7-8,15H2,1H3,(H,24,27). The van der Waals surface area contributed by atoms with Crippen molar-refractivity contribution in [2.75, 3.05) is 6.61 Å². The van der Waals surface area contributed by atoms with Crippen LogP contribution in [0, 0.1) is 0 Å². The third kappa shape index (κ3) is 4.01. The highest BCUT2D eigenvalue weighted by Gasteiger charge is 2.21. The monoisotopic (exact) mass is 391 g/mol. The number of hydrogen-bond donors (Lipinski definition) is 1. The first-order chi connectivity index (χ1) is 14.2. The van der Waals surface area contributed by atoms with E-state index in [0.29, 0.717) is 23.3 Å². The lowest BCUT2D eigenvalue weighted by Gasteiger charge is -2.16. The maximum atomic E-state index is 12.9. The molecule has 6 nitrogen and oxygen atoms in total. The van der Waals surface area contributed by atoms with Crippen LogP contribution in [0.4, 0.5) is 0 Å². The van der Waals surface area contributed by atoms with E-state index in [1.54, 1.807) is 28.9 Å². The van der Waals surface area contributed by atoms with Crippen molar-refractivity contribution in [3.8, 4) is 5.75 Å². The zero-order valence-electron chi connectivity index (χ0n) is 16.6. The van der Waals surface area contributed by atoms with Crippen molar-refractivity contribution in [3.05, 3.63) is 70.1 Å². The fraction of sp³-hybridized carbons (Fsp3) is 0.348. The minimum absolute atomic E-state index is 0.0471. The second-order valence-corrected chi connectivity index (χ2v) is 7.32. The summed E-state index contributed by atoms with van der Waals surface area (Å²) in [6.07, 6.45) is 4.19. The van der Waals surface area contributed by atoms with Gasteiger partial charge in [-0.2, -0.15) is 5.10 Å². The zero-order valence-corrected chi connectivity index (χ0v) is 16.6. The quantitative estimate of drug-likeness (QED) is 0.693. The van der Waals surface area contributed by atoms with Gasteiger partial charge in [0.1, 0.15) is 5.75 Å². The number of rotatable bonds is 6. The van der Waals surface area contributed by atoms with E-state index in [1.807, 2.05) is 31.2 Å². The number of nitrogens with one attached hydrogen (secondary N) is 1. The molecule has 0 atom stereocenters. The lowest BCUT2D eigenvalue weighted by atomic mass is 10.1. The number of fused-ring (bicyclic) bond motifs is 1. The number of benzene rings is 2. The Morgan fingerprint density at radius 2 is 1.79 bits per heavy atom. The summed E-state index contributed by atoms with van der Waals surface area (Å²) in [7, 11) is 0. The number of nitrogens with zero attached hydrogens (tertiary/aromatic N) is 2. The topological polar surface area (TPSA) is 73.2 Å². The molecular weight excluding hydrogens is 366 g/mol. The molecule has 1 amide bonds. The lowest BCUT2D eigenvalue weighted by Crippen LogP contribution is -2.30. The second kappa shape index (κ2) is 8.47. The molecule has 2 aromatic carbocycles. The van der Waals surface area contributed by atoms with Crippen LogP contribution in [0.5, 0.6) is 5.75 Å². The smallest absolute Gasteiger partial charge is 0.274 e. The van der Waals surface area contributed by atoms with Crippen LogP contribution in [0.15, 0.2) is 53.3 Å². The van der Waals surface area contributed by atoms with E-state index in [0.717, 1.165) is 36.8 Å². The number of hydrogen-bond acceptors (Lipinski definition) is 4. The van der Waals surface area contributed by atoms with Crippen LogP contribution >= 0.6 is 0 Å². The Labute approximate surface area is 169 Å². The Morgan fingerprint density at radius 1 is 1.10 bits per heavy atom. The maximum Gasteiger partial charge on any atom is 0.274 e. The van der Waals surface area contributed by atoms with Gasteiger partial charge in [0.2, 0.25) is 0 Å². The van der Waals surface area contributed by atoms with Crippen molar-refractivity contribution < 1.29 is 9.53 Å². The van der Waals surface area contributed by atoms with Crippen molar-refractivity contribution in [3.63, 3.8) is 0 Å². The van der Waals surface area contributed by atoms with E-state index in [-0.39, 0.29) is 24.1 Å². The third-order valence-electron chi connectivity index (χ3n) is 5.42. The molecule has 1 heterocycles. The van der Waals surface area contributed by atoms with Gasteiger partial charge in [0.05, 0.1) is 30.3 Å². The minimum atomic E-state index is -0.183. The normalized spacial score (nSPS) is 14.2. The number of ether oxygens (including phenoxy) is 1. The van der Waals surface area contributed by atoms with Crippen LogP contribution in [-0.2, 0) is 6.54 Å². The molecule has 0 radical (unpaired) electrons. The summed E-state index contributed by atoms with van der Waals surface area (Å²) in [5.41, 5.74) is 1.22.